The largest absolute Gasteiger partial charge is 0.462 e. The number of aromatic nitrogens is 1. The topological polar surface area (TPSA) is 57.0 Å². The Bertz CT molecular complexity index is 745. The van der Waals surface area contributed by atoms with Crippen molar-refractivity contribution in [3.63, 3.8) is 0 Å². The van der Waals surface area contributed by atoms with Gasteiger partial charge in [0.1, 0.15) is 0 Å². The van der Waals surface area contributed by atoms with E-state index >= 15 is 0 Å². The van der Waals surface area contributed by atoms with E-state index < -0.39 is 0 Å². The molecule has 0 bridgehead atoms. The number of nitrogens with zero attached hydrogens (tertiary/aromatic N) is 1. The lowest BCUT2D eigenvalue weighted by atomic mass is 10.0. The van der Waals surface area contributed by atoms with E-state index in [0.29, 0.717) is 29.9 Å². The molecule has 0 spiro atoms. The average Bonchev–Trinajstić information content (AvgIpc) is 2.88. The zero-order valence-corrected chi connectivity index (χ0v) is 14.8. The summed E-state index contributed by atoms with van der Waals surface area (Å²) in [5.41, 5.74) is 3.82. The fraction of sp³-hybridized carbons (Fsp3) is 0.474. The molecule has 5 heteroatoms. The summed E-state index contributed by atoms with van der Waals surface area (Å²) in [5, 5.41) is 0. The zero-order valence-electron chi connectivity index (χ0n) is 14.8. The highest BCUT2D eigenvalue weighted by Gasteiger charge is 2.23. The minimum atomic E-state index is -0.383. The van der Waals surface area contributed by atoms with Crippen LogP contribution >= 0.6 is 0 Å². The number of aryl methyl sites for hydroxylation is 1. The van der Waals surface area contributed by atoms with Crippen LogP contribution in [0.4, 0.5) is 0 Å². The molecule has 0 unspecified atom stereocenters. The van der Waals surface area contributed by atoms with Crippen LogP contribution in [-0.2, 0) is 22.3 Å². The first-order chi connectivity index (χ1) is 11.6. The Balaban J connectivity index is 2.70. The van der Waals surface area contributed by atoms with Gasteiger partial charge in [-0.3, -0.25) is 0 Å². The fourth-order valence-corrected chi connectivity index (χ4v) is 3.03. The quantitative estimate of drug-likeness (QED) is 0.724. The first-order valence-corrected chi connectivity index (χ1v) is 8.58. The number of esters is 2. The van der Waals surface area contributed by atoms with Gasteiger partial charge in [-0.2, -0.15) is 0 Å². The van der Waals surface area contributed by atoms with Crippen LogP contribution in [0.15, 0.2) is 18.3 Å². The third-order valence-corrected chi connectivity index (χ3v) is 3.98. The highest BCUT2D eigenvalue weighted by atomic mass is 16.5. The van der Waals surface area contributed by atoms with E-state index in [4.69, 9.17) is 9.47 Å². The third kappa shape index (κ3) is 3.30. The van der Waals surface area contributed by atoms with Crippen LogP contribution in [0.1, 0.15) is 66.1 Å². The minimum Gasteiger partial charge on any atom is -0.462 e. The molecule has 24 heavy (non-hydrogen) atoms. The number of hydrogen-bond donors (Lipinski definition) is 0. The van der Waals surface area contributed by atoms with Crippen LogP contribution in [0.2, 0.25) is 0 Å². The Labute approximate surface area is 142 Å². The van der Waals surface area contributed by atoms with Crippen LogP contribution < -0.4 is 0 Å². The summed E-state index contributed by atoms with van der Waals surface area (Å²) < 4.78 is 12.3. The van der Waals surface area contributed by atoms with E-state index in [1.165, 1.54) is 0 Å². The highest BCUT2D eigenvalue weighted by Crippen LogP contribution is 2.27. The van der Waals surface area contributed by atoms with Crippen molar-refractivity contribution < 1.29 is 19.1 Å². The molecule has 0 aliphatic rings. The Morgan fingerprint density at radius 2 is 1.71 bits per heavy atom. The van der Waals surface area contributed by atoms with E-state index in [1.807, 2.05) is 17.5 Å². The first kappa shape index (κ1) is 18.0. The van der Waals surface area contributed by atoms with E-state index in [1.54, 1.807) is 26.0 Å². The van der Waals surface area contributed by atoms with Crippen molar-refractivity contribution in [3.8, 4) is 0 Å². The maximum Gasteiger partial charge on any atom is 0.340 e. The van der Waals surface area contributed by atoms with Gasteiger partial charge in [-0.25, -0.2) is 9.59 Å². The van der Waals surface area contributed by atoms with E-state index in [0.717, 1.165) is 30.5 Å². The van der Waals surface area contributed by atoms with Crippen LogP contribution in [0.25, 0.3) is 5.52 Å². The highest BCUT2D eigenvalue weighted by molar-refractivity contribution is 6.01. The monoisotopic (exact) mass is 331 g/mol. The molecular formula is C19H25NO4. The summed E-state index contributed by atoms with van der Waals surface area (Å²) in [7, 11) is 0. The van der Waals surface area contributed by atoms with Gasteiger partial charge in [0.05, 0.1) is 29.9 Å². The second-order valence-electron chi connectivity index (χ2n) is 5.52. The van der Waals surface area contributed by atoms with Crippen molar-refractivity contribution in [2.45, 2.75) is 47.0 Å². The summed E-state index contributed by atoms with van der Waals surface area (Å²) in [6, 6.07) is 3.46. The van der Waals surface area contributed by atoms with Gasteiger partial charge in [0, 0.05) is 11.9 Å². The van der Waals surface area contributed by atoms with Crippen molar-refractivity contribution in [2.24, 2.45) is 0 Å². The first-order valence-electron chi connectivity index (χ1n) is 8.58. The Kier molecular flexibility index (Phi) is 6.01. The Morgan fingerprint density at radius 1 is 1.04 bits per heavy atom. The molecule has 0 aliphatic heterocycles. The van der Waals surface area contributed by atoms with E-state index in [2.05, 4.69) is 6.92 Å². The molecule has 0 saturated heterocycles. The van der Waals surface area contributed by atoms with Gasteiger partial charge in [-0.15, -0.1) is 0 Å². The molecule has 2 aromatic rings. The standard InChI is InChI=1S/C19H25NO4/c1-5-9-15-14(6-2)17(19(22)24-8-4)16-12-13(10-11-20(15)16)18(21)23-7-3/h10-12H,5-9H2,1-4H3. The van der Waals surface area contributed by atoms with Gasteiger partial charge in [0.15, 0.2) is 0 Å². The summed E-state index contributed by atoms with van der Waals surface area (Å²) in [4.78, 5) is 24.5. The van der Waals surface area contributed by atoms with Crippen molar-refractivity contribution >= 4 is 17.5 Å². The van der Waals surface area contributed by atoms with Gasteiger partial charge in [0.2, 0.25) is 0 Å². The second kappa shape index (κ2) is 7.99. The number of carbonyl (C=O) groups excluding carboxylic acids is 2. The number of carbonyl (C=O) groups is 2. The summed E-state index contributed by atoms with van der Waals surface area (Å²) >= 11 is 0. The molecule has 0 radical (unpaired) electrons. The molecule has 2 rings (SSSR count). The van der Waals surface area contributed by atoms with Crippen molar-refractivity contribution in [1.82, 2.24) is 4.40 Å². The van der Waals surface area contributed by atoms with E-state index in [-0.39, 0.29) is 11.9 Å². The predicted octanol–water partition coefficient (Wildman–Crippen LogP) is 3.81. The predicted molar refractivity (Wildman–Crippen MR) is 92.7 cm³/mol. The van der Waals surface area contributed by atoms with Crippen LogP contribution in [0.5, 0.6) is 0 Å². The van der Waals surface area contributed by atoms with Crippen molar-refractivity contribution in [3.05, 3.63) is 40.7 Å². The van der Waals surface area contributed by atoms with Crippen molar-refractivity contribution in [2.75, 3.05) is 13.2 Å². The molecule has 0 fully saturated rings. The average molecular weight is 331 g/mol. The summed E-state index contributed by atoms with van der Waals surface area (Å²) in [5.74, 6) is -0.721. The molecule has 0 N–H and O–H groups in total. The van der Waals surface area contributed by atoms with Crippen LogP contribution in [-0.4, -0.2) is 29.6 Å². The van der Waals surface area contributed by atoms with Gasteiger partial charge in [-0.05, 0) is 44.4 Å². The van der Waals surface area contributed by atoms with Gasteiger partial charge in [-0.1, -0.05) is 20.3 Å². The van der Waals surface area contributed by atoms with Gasteiger partial charge in [0.25, 0.3) is 0 Å². The number of ether oxygens (including phenoxy) is 2. The molecule has 5 nitrogen and oxygen atoms in total. The molecule has 130 valence electrons. The number of hydrogen-bond acceptors (Lipinski definition) is 4. The van der Waals surface area contributed by atoms with Gasteiger partial charge >= 0.3 is 11.9 Å². The van der Waals surface area contributed by atoms with E-state index in [9.17, 15) is 9.59 Å². The molecule has 0 atom stereocenters. The van der Waals surface area contributed by atoms with Crippen LogP contribution in [0, 0.1) is 0 Å². The molecule has 0 aliphatic carbocycles. The SMILES string of the molecule is CCCc1c(CC)c(C(=O)OCC)c2cc(C(=O)OCC)ccn12. The third-order valence-electron chi connectivity index (χ3n) is 3.98. The maximum atomic E-state index is 12.5. The fourth-order valence-electron chi connectivity index (χ4n) is 3.03. The molecule has 2 heterocycles. The lowest BCUT2D eigenvalue weighted by Crippen LogP contribution is -2.08. The van der Waals surface area contributed by atoms with Crippen LogP contribution in [0.3, 0.4) is 0 Å². The normalized spacial score (nSPS) is 10.8. The molecule has 2 aromatic heterocycles. The van der Waals surface area contributed by atoms with Gasteiger partial charge < -0.3 is 13.9 Å². The Morgan fingerprint density at radius 3 is 2.29 bits per heavy atom. The molecule has 0 amide bonds. The maximum absolute atomic E-state index is 12.5. The summed E-state index contributed by atoms with van der Waals surface area (Å²) in [6.45, 7) is 8.33. The lowest BCUT2D eigenvalue weighted by Gasteiger charge is -2.06. The summed E-state index contributed by atoms with van der Waals surface area (Å²) in [6.07, 6.45) is 4.41. The minimum absolute atomic E-state index is 0.317. The Hall–Kier alpha value is -2.30. The molecule has 0 aromatic carbocycles. The molecule has 0 saturated carbocycles. The lowest BCUT2D eigenvalue weighted by molar-refractivity contribution is 0.0515. The smallest absolute Gasteiger partial charge is 0.340 e. The van der Waals surface area contributed by atoms with Crippen molar-refractivity contribution in [1.29, 1.82) is 0 Å². The second-order valence-corrected chi connectivity index (χ2v) is 5.52. The number of rotatable bonds is 7. The molecular weight excluding hydrogens is 306 g/mol. The number of fused-ring (bicyclic) bond motifs is 1. The number of pyridine rings is 1. The zero-order chi connectivity index (χ0) is 17.7.